The molecular weight excluding hydrogens is 273 g/mol. The molecule has 4 nitrogen and oxygen atoms in total. The fourth-order valence-corrected chi connectivity index (χ4v) is 2.28. The van der Waals surface area contributed by atoms with Crippen LogP contribution >= 0.6 is 0 Å². The van der Waals surface area contributed by atoms with Crippen LogP contribution in [0.25, 0.3) is 0 Å². The minimum Gasteiger partial charge on any atom is -0.461 e. The van der Waals surface area contributed by atoms with Gasteiger partial charge in [-0.2, -0.15) is 0 Å². The summed E-state index contributed by atoms with van der Waals surface area (Å²) >= 11 is 0. The van der Waals surface area contributed by atoms with Gasteiger partial charge in [-0.05, 0) is 29.7 Å². The molecule has 2 rings (SSSR count). The van der Waals surface area contributed by atoms with Crippen LogP contribution in [0, 0.1) is 0 Å². The Hall–Kier alpha value is -1.62. The Bertz CT molecular complexity index is 496. The lowest BCUT2D eigenvalue weighted by Crippen LogP contribution is -2.40. The molecular formula is C16H22FNO3. The molecule has 0 radical (unpaired) electrons. The van der Waals surface area contributed by atoms with E-state index in [1.807, 2.05) is 19.9 Å². The number of alkyl halides is 1. The normalized spacial score (nSPS) is 16.9. The molecule has 1 aromatic carbocycles. The van der Waals surface area contributed by atoms with Crippen molar-refractivity contribution in [3.05, 3.63) is 29.3 Å². The van der Waals surface area contributed by atoms with Gasteiger partial charge in [-0.3, -0.25) is 4.79 Å². The zero-order valence-corrected chi connectivity index (χ0v) is 12.8. The first-order valence-electron chi connectivity index (χ1n) is 7.30. The van der Waals surface area contributed by atoms with Gasteiger partial charge in [0, 0.05) is 25.6 Å². The van der Waals surface area contributed by atoms with Crippen LogP contribution in [0.15, 0.2) is 18.2 Å². The molecule has 1 saturated heterocycles. The minimum atomic E-state index is -1.40. The summed E-state index contributed by atoms with van der Waals surface area (Å²) < 4.78 is 23.5. The maximum absolute atomic E-state index is 13.1. The van der Waals surface area contributed by atoms with Gasteiger partial charge in [0.1, 0.15) is 5.75 Å². The predicted octanol–water partition coefficient (Wildman–Crippen LogP) is 2.98. The summed E-state index contributed by atoms with van der Waals surface area (Å²) in [6.07, 6.45) is -1.40. The van der Waals surface area contributed by atoms with Crippen LogP contribution in [0.3, 0.4) is 0 Å². The van der Waals surface area contributed by atoms with E-state index in [0.717, 1.165) is 5.56 Å². The monoisotopic (exact) mass is 295 g/mol. The topological polar surface area (TPSA) is 38.8 Å². The number of rotatable bonds is 4. The summed E-state index contributed by atoms with van der Waals surface area (Å²) in [7, 11) is 0. The van der Waals surface area contributed by atoms with Crippen molar-refractivity contribution in [3.63, 3.8) is 0 Å². The molecule has 0 bridgehead atoms. The third-order valence-corrected chi connectivity index (χ3v) is 3.44. The van der Waals surface area contributed by atoms with Crippen molar-refractivity contribution in [1.29, 1.82) is 0 Å². The quantitative estimate of drug-likeness (QED) is 0.857. The Morgan fingerprint density at radius 1 is 1.24 bits per heavy atom. The fraction of sp³-hybridized carbons (Fsp3) is 0.562. The highest BCUT2D eigenvalue weighted by Gasteiger charge is 2.20. The summed E-state index contributed by atoms with van der Waals surface area (Å²) in [5, 5.41) is 0. The van der Waals surface area contributed by atoms with Crippen molar-refractivity contribution >= 4 is 5.91 Å². The molecule has 1 atom stereocenters. The first kappa shape index (κ1) is 15.8. The molecule has 1 aliphatic rings. The predicted molar refractivity (Wildman–Crippen MR) is 78.5 cm³/mol. The Kier molecular flexibility index (Phi) is 5.17. The van der Waals surface area contributed by atoms with Crippen molar-refractivity contribution in [2.75, 3.05) is 26.3 Å². The number of nitrogens with zero attached hydrogens (tertiary/aromatic N) is 1. The van der Waals surface area contributed by atoms with Gasteiger partial charge in [-0.1, -0.05) is 13.8 Å². The highest BCUT2D eigenvalue weighted by molar-refractivity contribution is 5.95. The van der Waals surface area contributed by atoms with E-state index < -0.39 is 6.36 Å². The molecule has 1 amide bonds. The summed E-state index contributed by atoms with van der Waals surface area (Å²) in [5.74, 6) is 0.574. The third-order valence-electron chi connectivity index (χ3n) is 3.44. The van der Waals surface area contributed by atoms with Crippen molar-refractivity contribution in [1.82, 2.24) is 4.90 Å². The van der Waals surface area contributed by atoms with E-state index in [0.29, 0.717) is 37.6 Å². The molecule has 0 saturated carbocycles. The number of benzene rings is 1. The van der Waals surface area contributed by atoms with Gasteiger partial charge in [0.15, 0.2) is 0 Å². The number of morpholine rings is 1. The highest BCUT2D eigenvalue weighted by atomic mass is 19.1. The summed E-state index contributed by atoms with van der Waals surface area (Å²) in [4.78, 5) is 14.3. The van der Waals surface area contributed by atoms with Crippen LogP contribution in [0.5, 0.6) is 5.75 Å². The third kappa shape index (κ3) is 4.17. The van der Waals surface area contributed by atoms with Gasteiger partial charge in [0.05, 0.1) is 13.2 Å². The lowest BCUT2D eigenvalue weighted by Gasteiger charge is -2.27. The Labute approximate surface area is 124 Å². The number of halogens is 1. The average Bonchev–Trinajstić information content (AvgIpc) is 2.46. The van der Waals surface area contributed by atoms with Gasteiger partial charge in [0.2, 0.25) is 6.36 Å². The second kappa shape index (κ2) is 6.89. The molecule has 5 heteroatoms. The first-order valence-corrected chi connectivity index (χ1v) is 7.30. The molecule has 1 aromatic rings. The molecule has 1 heterocycles. The maximum atomic E-state index is 13.1. The lowest BCUT2D eigenvalue weighted by molar-refractivity contribution is 0.0302. The van der Waals surface area contributed by atoms with Crippen LogP contribution < -0.4 is 4.74 Å². The van der Waals surface area contributed by atoms with E-state index >= 15 is 0 Å². The van der Waals surface area contributed by atoms with Crippen molar-refractivity contribution < 1.29 is 18.7 Å². The SMILES string of the molecule is CC(F)Oc1cc(C(=O)N2CCOCC2)cc(C(C)C)c1. The summed E-state index contributed by atoms with van der Waals surface area (Å²) in [6, 6.07) is 5.26. The fourth-order valence-electron chi connectivity index (χ4n) is 2.28. The number of amides is 1. The van der Waals surface area contributed by atoms with E-state index in [2.05, 4.69) is 0 Å². The number of hydrogen-bond acceptors (Lipinski definition) is 3. The van der Waals surface area contributed by atoms with E-state index in [4.69, 9.17) is 9.47 Å². The smallest absolute Gasteiger partial charge is 0.254 e. The second-order valence-electron chi connectivity index (χ2n) is 5.51. The zero-order chi connectivity index (χ0) is 15.4. The summed E-state index contributed by atoms with van der Waals surface area (Å²) in [6.45, 7) is 7.66. The molecule has 1 unspecified atom stereocenters. The van der Waals surface area contributed by atoms with Gasteiger partial charge in [-0.25, -0.2) is 4.39 Å². The van der Waals surface area contributed by atoms with Gasteiger partial charge < -0.3 is 14.4 Å². The van der Waals surface area contributed by atoms with Gasteiger partial charge in [0.25, 0.3) is 5.91 Å². The van der Waals surface area contributed by atoms with Crippen LogP contribution in [-0.2, 0) is 4.74 Å². The lowest BCUT2D eigenvalue weighted by atomic mass is 9.99. The van der Waals surface area contributed by atoms with Crippen LogP contribution in [-0.4, -0.2) is 43.5 Å². The Morgan fingerprint density at radius 2 is 1.90 bits per heavy atom. The van der Waals surface area contributed by atoms with Crippen molar-refractivity contribution in [2.45, 2.75) is 33.0 Å². The van der Waals surface area contributed by atoms with Gasteiger partial charge in [-0.15, -0.1) is 0 Å². The highest BCUT2D eigenvalue weighted by Crippen LogP contribution is 2.25. The van der Waals surface area contributed by atoms with Gasteiger partial charge >= 0.3 is 0 Å². The molecule has 21 heavy (non-hydrogen) atoms. The van der Waals surface area contributed by atoms with Crippen LogP contribution in [0.2, 0.25) is 0 Å². The van der Waals surface area contributed by atoms with E-state index in [1.54, 1.807) is 17.0 Å². The van der Waals surface area contributed by atoms with Crippen LogP contribution in [0.1, 0.15) is 42.6 Å². The van der Waals surface area contributed by atoms with E-state index in [-0.39, 0.29) is 11.8 Å². The molecule has 0 aliphatic carbocycles. The minimum absolute atomic E-state index is 0.0582. The number of ether oxygens (including phenoxy) is 2. The molecule has 0 spiro atoms. The number of carbonyl (C=O) groups is 1. The summed E-state index contributed by atoms with van der Waals surface area (Å²) in [5.41, 5.74) is 1.50. The first-order chi connectivity index (χ1) is 9.97. The number of carbonyl (C=O) groups excluding carboxylic acids is 1. The second-order valence-corrected chi connectivity index (χ2v) is 5.51. The largest absolute Gasteiger partial charge is 0.461 e. The van der Waals surface area contributed by atoms with E-state index in [9.17, 15) is 9.18 Å². The molecule has 116 valence electrons. The van der Waals surface area contributed by atoms with Crippen molar-refractivity contribution in [2.24, 2.45) is 0 Å². The van der Waals surface area contributed by atoms with E-state index in [1.165, 1.54) is 6.92 Å². The van der Waals surface area contributed by atoms with Crippen molar-refractivity contribution in [3.8, 4) is 5.75 Å². The number of hydrogen-bond donors (Lipinski definition) is 0. The maximum Gasteiger partial charge on any atom is 0.254 e. The molecule has 1 aliphatic heterocycles. The average molecular weight is 295 g/mol. The Balaban J connectivity index is 2.27. The van der Waals surface area contributed by atoms with Crippen LogP contribution in [0.4, 0.5) is 4.39 Å². The molecule has 0 aromatic heterocycles. The Morgan fingerprint density at radius 3 is 2.48 bits per heavy atom. The molecule has 0 N–H and O–H groups in total. The zero-order valence-electron chi connectivity index (χ0n) is 12.8. The molecule has 1 fully saturated rings. The standard InChI is InChI=1S/C16H22FNO3/c1-11(2)13-8-14(10-15(9-13)21-12(3)17)16(19)18-4-6-20-7-5-18/h8-12H,4-7H2,1-3H3.